The van der Waals surface area contributed by atoms with Crippen molar-refractivity contribution < 1.29 is 0 Å². The first kappa shape index (κ1) is 42.7. The first-order valence-corrected chi connectivity index (χ1v) is 23.2. The Balaban J connectivity index is 1.09. The monoisotopic (exact) mass is 856 g/mol. The van der Waals surface area contributed by atoms with Crippen molar-refractivity contribution >= 4 is 60.5 Å². The second kappa shape index (κ2) is 19.0. The summed E-state index contributed by atoms with van der Waals surface area (Å²) in [5.41, 5.74) is 18.2. The van der Waals surface area contributed by atoms with E-state index in [0.717, 1.165) is 63.3 Å². The van der Waals surface area contributed by atoms with Gasteiger partial charge in [-0.25, -0.2) is 0 Å². The molecular weight excluding hydrogens is 805 g/mol. The molecular formula is C62H52N2S. The summed E-state index contributed by atoms with van der Waals surface area (Å²) in [6.45, 7) is 12.7. The molecule has 6 aromatic carbocycles. The molecule has 0 spiro atoms. The van der Waals surface area contributed by atoms with Crippen molar-refractivity contribution in [3.05, 3.63) is 240 Å². The van der Waals surface area contributed by atoms with E-state index in [-0.39, 0.29) is 0 Å². The molecule has 0 radical (unpaired) electrons. The van der Waals surface area contributed by atoms with Crippen molar-refractivity contribution in [2.75, 3.05) is 4.90 Å². The minimum atomic E-state index is 0.729. The zero-order valence-electron chi connectivity index (χ0n) is 37.6. The van der Waals surface area contributed by atoms with Crippen LogP contribution in [0.3, 0.4) is 0 Å². The fraction of sp³-hybridized carbons (Fsp3) is 0.0968. The number of terminal acetylenes is 1. The van der Waals surface area contributed by atoms with Gasteiger partial charge in [-0.3, -0.25) is 0 Å². The number of aromatic nitrogens is 1. The summed E-state index contributed by atoms with van der Waals surface area (Å²) in [5.74, 6) is 3.08. The Bertz CT molecular complexity index is 3300. The maximum absolute atomic E-state index is 6.49. The molecule has 0 atom stereocenters. The predicted octanol–water partition coefficient (Wildman–Crippen LogP) is 17.1. The van der Waals surface area contributed by atoms with Crippen LogP contribution in [0.5, 0.6) is 0 Å². The van der Waals surface area contributed by atoms with Crippen LogP contribution in [0.15, 0.2) is 206 Å². The molecule has 0 N–H and O–H groups in total. The van der Waals surface area contributed by atoms with Gasteiger partial charge in [0.15, 0.2) is 0 Å². The number of nitrogens with zero attached hydrogens (tertiary/aromatic N) is 2. The highest BCUT2D eigenvalue weighted by Gasteiger charge is 2.21. The van der Waals surface area contributed by atoms with Gasteiger partial charge in [0, 0.05) is 48.6 Å². The summed E-state index contributed by atoms with van der Waals surface area (Å²) in [7, 11) is 0. The van der Waals surface area contributed by atoms with Crippen LogP contribution in [0, 0.1) is 19.3 Å². The summed E-state index contributed by atoms with van der Waals surface area (Å²) in [6.07, 6.45) is 28.0. The third-order valence-corrected chi connectivity index (χ3v) is 13.6. The molecule has 0 saturated heterocycles. The van der Waals surface area contributed by atoms with E-state index >= 15 is 0 Å². The highest BCUT2D eigenvalue weighted by Crippen LogP contribution is 2.40. The molecule has 0 amide bonds. The number of fused-ring (bicyclic) bond motifs is 4. The zero-order chi connectivity index (χ0) is 44.9. The van der Waals surface area contributed by atoms with E-state index in [9.17, 15) is 0 Å². The number of benzene rings is 6. The largest absolute Gasteiger partial charge is 0.313 e. The number of anilines is 1. The number of hydrogen-bond acceptors (Lipinski definition) is 2. The van der Waals surface area contributed by atoms with Gasteiger partial charge in [-0.15, -0.1) is 17.8 Å². The molecule has 0 unspecified atom stereocenters. The fourth-order valence-electron chi connectivity index (χ4n) is 9.11. The van der Waals surface area contributed by atoms with Crippen LogP contribution >= 0.6 is 11.3 Å². The minimum absolute atomic E-state index is 0.729. The molecule has 0 saturated carbocycles. The van der Waals surface area contributed by atoms with Gasteiger partial charge in [0.25, 0.3) is 0 Å². The van der Waals surface area contributed by atoms with Gasteiger partial charge in [-0.2, -0.15) is 0 Å². The highest BCUT2D eigenvalue weighted by molar-refractivity contribution is 7.25. The Morgan fingerprint density at radius 2 is 1.38 bits per heavy atom. The van der Waals surface area contributed by atoms with E-state index < -0.39 is 0 Å². The van der Waals surface area contributed by atoms with E-state index in [4.69, 9.17) is 6.42 Å². The van der Waals surface area contributed by atoms with Crippen LogP contribution < -0.4 is 4.90 Å². The van der Waals surface area contributed by atoms with E-state index in [2.05, 4.69) is 220 Å². The van der Waals surface area contributed by atoms with Gasteiger partial charge in [-0.05, 0) is 163 Å². The van der Waals surface area contributed by atoms with Crippen molar-refractivity contribution in [1.82, 2.24) is 4.57 Å². The molecule has 316 valence electrons. The number of rotatable bonds is 12. The lowest BCUT2D eigenvalue weighted by molar-refractivity contribution is 0.871. The van der Waals surface area contributed by atoms with Crippen LogP contribution in [-0.2, 0) is 6.42 Å². The topological polar surface area (TPSA) is 8.17 Å². The molecule has 1 aliphatic carbocycles. The molecule has 9 rings (SSSR count). The zero-order valence-corrected chi connectivity index (χ0v) is 38.4. The summed E-state index contributed by atoms with van der Waals surface area (Å²) in [5, 5.41) is 2.56. The Labute approximate surface area is 388 Å². The van der Waals surface area contributed by atoms with Gasteiger partial charge in [-0.1, -0.05) is 146 Å². The van der Waals surface area contributed by atoms with Crippen molar-refractivity contribution in [1.29, 1.82) is 0 Å². The van der Waals surface area contributed by atoms with Crippen molar-refractivity contribution in [3.8, 4) is 40.3 Å². The molecule has 0 bridgehead atoms. The molecule has 1 aliphatic rings. The van der Waals surface area contributed by atoms with Crippen molar-refractivity contribution in [3.63, 3.8) is 0 Å². The molecule has 65 heavy (non-hydrogen) atoms. The van der Waals surface area contributed by atoms with Gasteiger partial charge in [0.05, 0.1) is 5.70 Å². The summed E-state index contributed by atoms with van der Waals surface area (Å²) in [6, 6.07) is 52.1. The van der Waals surface area contributed by atoms with Crippen molar-refractivity contribution in [2.24, 2.45) is 0 Å². The van der Waals surface area contributed by atoms with Crippen LogP contribution in [0.25, 0.3) is 71.4 Å². The Morgan fingerprint density at radius 1 is 0.723 bits per heavy atom. The average Bonchev–Trinajstić information content (AvgIpc) is 3.87. The number of thiophene rings is 1. The maximum atomic E-state index is 6.49. The molecule has 2 aromatic heterocycles. The van der Waals surface area contributed by atoms with Gasteiger partial charge in [0.2, 0.25) is 0 Å². The maximum Gasteiger partial charge on any atom is 0.0970 e. The Hall–Kier alpha value is -7.64. The number of allylic oxidation sites excluding steroid dienone is 11. The summed E-state index contributed by atoms with van der Waals surface area (Å²) >= 11 is 1.86. The first-order valence-electron chi connectivity index (χ1n) is 22.4. The Kier molecular flexibility index (Phi) is 12.5. The van der Waals surface area contributed by atoms with E-state index in [1.807, 2.05) is 41.7 Å². The lowest BCUT2D eigenvalue weighted by Gasteiger charge is -2.26. The SMILES string of the molecule is C#C/C(=C\C(=C/C)c1cccc(-c2ccc3sc4ccc(-n5c(/C=C\C)c(C)c6c5CCC=C6)cc4c3c2)c1)N(/C(C)=C/C=C(\C=C)c1ccccc1)c1ccc(-c2ccccc2)cc1. The van der Waals surface area contributed by atoms with Crippen LogP contribution in [0.2, 0.25) is 0 Å². The van der Waals surface area contributed by atoms with Gasteiger partial charge < -0.3 is 9.47 Å². The number of hydrogen-bond donors (Lipinski definition) is 0. The standard InChI is InChI=1S/C62H52N2S/c1-7-20-59-44(6)56-27-17-18-28-60(56)64(59)55-36-38-62-58(42-55)57-41-52(33-37-61(57)65-62)51-26-19-25-50(39-51)46(9-3)40-53(10-4)63(43(5)29-30-45(8-2)47-21-13-11-14-22-47)54-34-31-49(32-35-54)48-23-15-12-16-24-48/h4,7-9,11-17,19-27,29-42H,2,18,28H2,1,3,5-6H3/b20-7-,43-29+,45-30+,46-9+,53-40+. The van der Waals surface area contributed by atoms with Crippen LogP contribution in [0.1, 0.15) is 60.8 Å². The van der Waals surface area contributed by atoms with E-state index in [1.165, 1.54) is 59.5 Å². The molecule has 8 aromatic rings. The first-order chi connectivity index (χ1) is 31.9. The molecule has 3 heteroatoms. The smallest absolute Gasteiger partial charge is 0.0970 e. The fourth-order valence-corrected chi connectivity index (χ4v) is 10.2. The summed E-state index contributed by atoms with van der Waals surface area (Å²) < 4.78 is 5.07. The summed E-state index contributed by atoms with van der Waals surface area (Å²) in [4.78, 5) is 2.16. The minimum Gasteiger partial charge on any atom is -0.313 e. The van der Waals surface area contributed by atoms with E-state index in [1.54, 1.807) is 0 Å². The molecule has 0 aliphatic heterocycles. The molecule has 0 fully saturated rings. The normalized spacial score (nSPS) is 13.4. The van der Waals surface area contributed by atoms with Crippen LogP contribution in [0.4, 0.5) is 5.69 Å². The third-order valence-electron chi connectivity index (χ3n) is 12.4. The quantitative estimate of drug-likeness (QED) is 0.0878. The second-order valence-electron chi connectivity index (χ2n) is 16.4. The van der Waals surface area contributed by atoms with Gasteiger partial charge >= 0.3 is 0 Å². The third kappa shape index (κ3) is 8.58. The van der Waals surface area contributed by atoms with E-state index in [0.29, 0.717) is 0 Å². The van der Waals surface area contributed by atoms with Gasteiger partial charge in [0.1, 0.15) is 0 Å². The second-order valence-corrected chi connectivity index (χ2v) is 17.5. The Morgan fingerprint density at radius 3 is 2.11 bits per heavy atom. The van der Waals surface area contributed by atoms with Crippen molar-refractivity contribution in [2.45, 2.75) is 40.5 Å². The van der Waals surface area contributed by atoms with Crippen LogP contribution in [-0.4, -0.2) is 4.57 Å². The average molecular weight is 857 g/mol. The highest BCUT2D eigenvalue weighted by atomic mass is 32.1. The molecule has 2 nitrogen and oxygen atoms in total. The molecule has 2 heterocycles. The predicted molar refractivity (Wildman–Crippen MR) is 284 cm³/mol. The lowest BCUT2D eigenvalue weighted by atomic mass is 9.97. The lowest BCUT2D eigenvalue weighted by Crippen LogP contribution is -2.19.